The fourth-order valence-corrected chi connectivity index (χ4v) is 4.88. The lowest BCUT2D eigenvalue weighted by Gasteiger charge is -2.38. The molecule has 0 saturated carbocycles. The normalized spacial score (nSPS) is 18.0. The molecule has 0 aliphatic carbocycles. The van der Waals surface area contributed by atoms with Crippen LogP contribution in [0.5, 0.6) is 0 Å². The highest BCUT2D eigenvalue weighted by Crippen LogP contribution is 2.45. The first-order valence-corrected chi connectivity index (χ1v) is 11.7. The molecule has 0 unspecified atom stereocenters. The first kappa shape index (κ1) is 24.9. The topological polar surface area (TPSA) is 65.0 Å². The minimum Gasteiger partial charge on any atom is -0.356 e. The summed E-state index contributed by atoms with van der Waals surface area (Å²) in [6.45, 7) is 8.74. The van der Waals surface area contributed by atoms with Crippen LogP contribution in [-0.2, 0) is 15.8 Å². The van der Waals surface area contributed by atoms with Crippen molar-refractivity contribution in [3.63, 3.8) is 0 Å². The fraction of sp³-hybridized carbons (Fsp3) is 0.435. The first-order valence-electron chi connectivity index (χ1n) is 10.8. The molecule has 0 fully saturated rings. The Balaban J connectivity index is 2.10. The summed E-state index contributed by atoms with van der Waals surface area (Å²) in [6.07, 6.45) is -4.39. The van der Waals surface area contributed by atoms with Crippen molar-refractivity contribution in [1.29, 1.82) is 0 Å². The lowest BCUT2D eigenvalue weighted by Crippen LogP contribution is -2.42. The maximum atomic E-state index is 13.5. The summed E-state index contributed by atoms with van der Waals surface area (Å²) in [7, 11) is 0. The first-order chi connectivity index (χ1) is 15.6. The number of hydrogen-bond acceptors (Lipinski definition) is 5. The fourth-order valence-electron chi connectivity index (χ4n) is 3.92. The van der Waals surface area contributed by atoms with Crippen LogP contribution in [0.1, 0.15) is 51.3 Å². The molecule has 0 radical (unpaired) electrons. The minimum atomic E-state index is -4.46. The Kier molecular flexibility index (Phi) is 7.56. The van der Waals surface area contributed by atoms with E-state index in [0.717, 1.165) is 12.1 Å². The number of amides is 2. The number of halogens is 3. The van der Waals surface area contributed by atoms with Gasteiger partial charge in [-0.25, -0.2) is 4.99 Å². The van der Waals surface area contributed by atoms with Crippen LogP contribution in [0, 0.1) is 0 Å². The van der Waals surface area contributed by atoms with Crippen LogP contribution in [0.2, 0.25) is 0 Å². The van der Waals surface area contributed by atoms with Gasteiger partial charge in [0.05, 0.1) is 29.3 Å². The maximum Gasteiger partial charge on any atom is 0.416 e. The molecule has 0 saturated heterocycles. The second kappa shape index (κ2) is 10.0. The molecule has 2 heterocycles. The van der Waals surface area contributed by atoms with Crippen LogP contribution in [-0.4, -0.2) is 46.4 Å². The molecular weight excluding hydrogens is 453 g/mol. The van der Waals surface area contributed by atoms with Crippen LogP contribution in [0.15, 0.2) is 51.6 Å². The number of alkyl halides is 3. The number of carbonyl (C=O) groups excluding carboxylic acids is 2. The van der Waals surface area contributed by atoms with Crippen molar-refractivity contribution in [2.24, 2.45) is 4.99 Å². The number of allylic oxidation sites excluding steroid dienone is 1. The van der Waals surface area contributed by atoms with Gasteiger partial charge in [0.1, 0.15) is 0 Å². The number of amidine groups is 1. The van der Waals surface area contributed by atoms with Gasteiger partial charge in [0, 0.05) is 25.3 Å². The van der Waals surface area contributed by atoms with E-state index in [1.54, 1.807) is 16.7 Å². The molecule has 2 aliphatic heterocycles. The number of hydrogen-bond donors (Lipinski definition) is 1. The van der Waals surface area contributed by atoms with Crippen molar-refractivity contribution in [2.45, 2.75) is 46.3 Å². The van der Waals surface area contributed by atoms with Gasteiger partial charge in [-0.2, -0.15) is 13.2 Å². The molecule has 2 amide bonds. The van der Waals surface area contributed by atoms with Gasteiger partial charge < -0.3 is 15.1 Å². The Morgan fingerprint density at radius 2 is 1.79 bits per heavy atom. The zero-order chi connectivity index (χ0) is 24.3. The van der Waals surface area contributed by atoms with Crippen molar-refractivity contribution in [3.8, 4) is 0 Å². The molecule has 0 bridgehead atoms. The monoisotopic (exact) mass is 480 g/mol. The average molecular weight is 481 g/mol. The minimum absolute atomic E-state index is 0.0722. The third-order valence-corrected chi connectivity index (χ3v) is 6.44. The smallest absolute Gasteiger partial charge is 0.356 e. The second-order valence-corrected chi connectivity index (χ2v) is 8.46. The molecular formula is C23H27F3N4O2S. The number of nitrogens with one attached hydrogen (secondary N) is 1. The van der Waals surface area contributed by atoms with E-state index in [1.807, 2.05) is 26.2 Å². The van der Waals surface area contributed by atoms with Gasteiger partial charge in [-0.15, -0.1) is 0 Å². The van der Waals surface area contributed by atoms with Crippen molar-refractivity contribution in [3.05, 3.63) is 57.8 Å². The van der Waals surface area contributed by atoms with Gasteiger partial charge in [-0.1, -0.05) is 23.9 Å². The summed E-state index contributed by atoms with van der Waals surface area (Å²) < 4.78 is 39.5. The van der Waals surface area contributed by atoms with Gasteiger partial charge in [0.25, 0.3) is 5.91 Å². The molecule has 1 atom stereocenters. The van der Waals surface area contributed by atoms with Crippen molar-refractivity contribution in [1.82, 2.24) is 15.1 Å². The van der Waals surface area contributed by atoms with Crippen molar-refractivity contribution < 1.29 is 22.8 Å². The molecule has 6 nitrogen and oxygen atoms in total. The van der Waals surface area contributed by atoms with Crippen LogP contribution in [0.3, 0.4) is 0 Å². The Morgan fingerprint density at radius 3 is 2.33 bits per heavy atom. The predicted molar refractivity (Wildman–Crippen MR) is 123 cm³/mol. The Labute approximate surface area is 195 Å². The van der Waals surface area contributed by atoms with E-state index in [0.29, 0.717) is 47.3 Å². The van der Waals surface area contributed by atoms with E-state index in [4.69, 9.17) is 0 Å². The number of benzene rings is 1. The summed E-state index contributed by atoms with van der Waals surface area (Å²) in [6, 6.07) is 4.14. The second-order valence-electron chi connectivity index (χ2n) is 7.62. The SMILES string of the molecule is CCNC(=O)CC1=CSC2=NC(C)=C(C(=O)N(CC)CC)[C@@H](c3ccc(C(F)(F)F)cc3)N12. The van der Waals surface area contributed by atoms with Gasteiger partial charge in [-0.3, -0.25) is 9.59 Å². The summed E-state index contributed by atoms with van der Waals surface area (Å²) in [5.41, 5.74) is 1.32. The summed E-state index contributed by atoms with van der Waals surface area (Å²) in [4.78, 5) is 33.9. The number of thioether (sulfide) groups is 1. The zero-order valence-corrected chi connectivity index (χ0v) is 19.8. The number of rotatable bonds is 7. The van der Waals surface area contributed by atoms with Crippen LogP contribution < -0.4 is 5.32 Å². The van der Waals surface area contributed by atoms with Crippen molar-refractivity contribution >= 4 is 28.7 Å². The van der Waals surface area contributed by atoms with E-state index < -0.39 is 17.8 Å². The largest absolute Gasteiger partial charge is 0.416 e. The molecule has 0 aromatic heterocycles. The van der Waals surface area contributed by atoms with Crippen LogP contribution >= 0.6 is 11.8 Å². The van der Waals surface area contributed by atoms with Crippen molar-refractivity contribution in [2.75, 3.05) is 19.6 Å². The Bertz CT molecular complexity index is 1010. The summed E-state index contributed by atoms with van der Waals surface area (Å²) >= 11 is 1.33. The number of nitrogens with zero attached hydrogens (tertiary/aromatic N) is 3. The van der Waals surface area contributed by atoms with Crippen LogP contribution in [0.25, 0.3) is 0 Å². The summed E-state index contributed by atoms with van der Waals surface area (Å²) in [5.74, 6) is -0.404. The maximum absolute atomic E-state index is 13.5. The highest BCUT2D eigenvalue weighted by atomic mass is 32.2. The molecule has 178 valence electrons. The molecule has 33 heavy (non-hydrogen) atoms. The third-order valence-electron chi connectivity index (χ3n) is 5.55. The molecule has 1 N–H and O–H groups in total. The summed E-state index contributed by atoms with van der Waals surface area (Å²) in [5, 5.41) is 5.16. The quantitative estimate of drug-likeness (QED) is 0.616. The standard InChI is InChI=1S/C23H27F3N4O2S/c1-5-27-18(31)12-17-13-33-22-28-14(4)19(21(32)29(6-2)7-3)20(30(17)22)15-8-10-16(11-9-15)23(24,25)26/h8-11,13,20H,5-7,12H2,1-4H3,(H,27,31)/t20-/m1/s1. The molecule has 0 spiro atoms. The van der Waals surface area contributed by atoms with Gasteiger partial charge in [0.15, 0.2) is 5.17 Å². The number of fused-ring (bicyclic) bond motifs is 1. The highest BCUT2D eigenvalue weighted by molar-refractivity contribution is 8.16. The Hall–Kier alpha value is -2.75. The lowest BCUT2D eigenvalue weighted by molar-refractivity contribution is -0.137. The Morgan fingerprint density at radius 1 is 1.15 bits per heavy atom. The lowest BCUT2D eigenvalue weighted by atomic mass is 9.92. The molecule has 3 rings (SSSR count). The van der Waals surface area contributed by atoms with E-state index in [2.05, 4.69) is 10.3 Å². The number of aliphatic imine (C=N–C) groups is 1. The number of carbonyl (C=O) groups is 2. The number of likely N-dealkylation sites (N-methyl/N-ethyl adjacent to an activating group) is 1. The predicted octanol–water partition coefficient (Wildman–Crippen LogP) is 4.67. The third kappa shape index (κ3) is 5.10. The molecule has 2 aliphatic rings. The molecule has 1 aromatic carbocycles. The molecule has 1 aromatic rings. The molecule has 10 heteroatoms. The van der Waals surface area contributed by atoms with Gasteiger partial charge >= 0.3 is 6.18 Å². The van der Waals surface area contributed by atoms with Gasteiger partial charge in [-0.05, 0) is 50.8 Å². The van der Waals surface area contributed by atoms with E-state index >= 15 is 0 Å². The van der Waals surface area contributed by atoms with E-state index in [1.165, 1.54) is 23.9 Å². The highest BCUT2D eigenvalue weighted by Gasteiger charge is 2.41. The zero-order valence-electron chi connectivity index (χ0n) is 19.0. The van der Waals surface area contributed by atoms with E-state index in [-0.39, 0.29) is 18.2 Å². The van der Waals surface area contributed by atoms with Gasteiger partial charge in [0.2, 0.25) is 5.91 Å². The van der Waals surface area contributed by atoms with E-state index in [9.17, 15) is 22.8 Å². The van der Waals surface area contributed by atoms with Crippen LogP contribution in [0.4, 0.5) is 13.2 Å². The average Bonchev–Trinajstić information content (AvgIpc) is 3.15.